The summed E-state index contributed by atoms with van der Waals surface area (Å²) in [7, 11) is 0. The van der Waals surface area contributed by atoms with E-state index in [4.69, 9.17) is 4.74 Å². The molecule has 144 valence electrons. The summed E-state index contributed by atoms with van der Waals surface area (Å²) >= 11 is 0. The molecule has 7 heteroatoms. The number of amides is 1. The number of nitrogens with one attached hydrogen (secondary N) is 2. The van der Waals surface area contributed by atoms with Gasteiger partial charge < -0.3 is 15.4 Å². The molecule has 0 saturated heterocycles. The molecule has 6 nitrogen and oxygen atoms in total. The van der Waals surface area contributed by atoms with Crippen molar-refractivity contribution in [3.8, 4) is 5.75 Å². The molecule has 0 aliphatic rings. The van der Waals surface area contributed by atoms with Crippen molar-refractivity contribution in [1.29, 1.82) is 0 Å². The number of para-hydroxylation sites is 2. The van der Waals surface area contributed by atoms with Crippen LogP contribution in [0.4, 0.5) is 16.0 Å². The summed E-state index contributed by atoms with van der Waals surface area (Å²) in [6.07, 6.45) is 0. The van der Waals surface area contributed by atoms with Gasteiger partial charge in [0.05, 0.1) is 12.3 Å². The highest BCUT2D eigenvalue weighted by Gasteiger charge is 2.12. The number of carbonyl (C=O) groups excluding carboxylic acids is 1. The Bertz CT molecular complexity index is 961. The van der Waals surface area contributed by atoms with Crippen molar-refractivity contribution < 1.29 is 13.9 Å². The molecule has 1 amide bonds. The van der Waals surface area contributed by atoms with Crippen molar-refractivity contribution in [2.24, 2.45) is 0 Å². The van der Waals surface area contributed by atoms with Gasteiger partial charge in [0.15, 0.2) is 0 Å². The summed E-state index contributed by atoms with van der Waals surface area (Å²) < 4.78 is 18.6. The highest BCUT2D eigenvalue weighted by molar-refractivity contribution is 5.92. The molecule has 2 aromatic carbocycles. The van der Waals surface area contributed by atoms with Crippen LogP contribution in [0.25, 0.3) is 0 Å². The van der Waals surface area contributed by atoms with Gasteiger partial charge in [-0.3, -0.25) is 4.79 Å². The Labute approximate surface area is 162 Å². The molecule has 0 radical (unpaired) electrons. The van der Waals surface area contributed by atoms with E-state index in [1.807, 2.05) is 31.2 Å². The van der Waals surface area contributed by atoms with Gasteiger partial charge in [0.25, 0.3) is 5.91 Å². The van der Waals surface area contributed by atoms with Gasteiger partial charge in [0, 0.05) is 12.2 Å². The van der Waals surface area contributed by atoms with Crippen LogP contribution in [0.5, 0.6) is 5.75 Å². The molecule has 28 heavy (non-hydrogen) atoms. The Hall–Kier alpha value is -3.48. The first-order chi connectivity index (χ1) is 13.5. The second-order valence-corrected chi connectivity index (χ2v) is 6.08. The monoisotopic (exact) mass is 380 g/mol. The number of nitrogens with zero attached hydrogens (tertiary/aromatic N) is 2. The van der Waals surface area contributed by atoms with Gasteiger partial charge in [-0.25, -0.2) is 14.4 Å². The van der Waals surface area contributed by atoms with Crippen molar-refractivity contribution in [3.63, 3.8) is 0 Å². The lowest BCUT2D eigenvalue weighted by molar-refractivity contribution is 0.0945. The van der Waals surface area contributed by atoms with Crippen LogP contribution >= 0.6 is 0 Å². The molecular weight excluding hydrogens is 359 g/mol. The average Bonchev–Trinajstić information content (AvgIpc) is 2.68. The normalized spacial score (nSPS) is 10.4. The second-order valence-electron chi connectivity index (χ2n) is 6.08. The molecule has 0 spiro atoms. The number of benzene rings is 2. The second kappa shape index (κ2) is 8.94. The van der Waals surface area contributed by atoms with Crippen LogP contribution < -0.4 is 15.4 Å². The molecule has 1 heterocycles. The summed E-state index contributed by atoms with van der Waals surface area (Å²) in [5.41, 5.74) is 2.40. The summed E-state index contributed by atoms with van der Waals surface area (Å²) in [6.45, 7) is 4.50. The first-order valence-corrected chi connectivity index (χ1v) is 8.92. The van der Waals surface area contributed by atoms with Crippen LogP contribution in [-0.4, -0.2) is 22.5 Å². The Balaban J connectivity index is 1.74. The molecular formula is C21H21FN4O2. The first-order valence-electron chi connectivity index (χ1n) is 8.92. The minimum absolute atomic E-state index is 0.242. The van der Waals surface area contributed by atoms with Crippen molar-refractivity contribution in [2.75, 3.05) is 11.9 Å². The number of carbonyl (C=O) groups is 1. The molecule has 1 aromatic heterocycles. The third-order valence-corrected chi connectivity index (χ3v) is 3.89. The van der Waals surface area contributed by atoms with Crippen molar-refractivity contribution in [3.05, 3.63) is 77.4 Å². The Morgan fingerprint density at radius 3 is 2.61 bits per heavy atom. The minimum Gasteiger partial charge on any atom is -0.492 e. The number of hydrogen-bond acceptors (Lipinski definition) is 5. The largest absolute Gasteiger partial charge is 0.492 e. The first kappa shape index (κ1) is 19.3. The smallest absolute Gasteiger partial charge is 0.270 e. The van der Waals surface area contributed by atoms with Gasteiger partial charge in [-0.2, -0.15) is 0 Å². The third-order valence-electron chi connectivity index (χ3n) is 3.89. The van der Waals surface area contributed by atoms with Gasteiger partial charge in [-0.15, -0.1) is 0 Å². The van der Waals surface area contributed by atoms with Crippen molar-refractivity contribution >= 4 is 17.5 Å². The molecule has 0 saturated carbocycles. The zero-order valence-corrected chi connectivity index (χ0v) is 15.7. The van der Waals surface area contributed by atoms with E-state index >= 15 is 0 Å². The molecule has 0 aliphatic heterocycles. The molecule has 0 fully saturated rings. The van der Waals surface area contributed by atoms with Crippen LogP contribution in [-0.2, 0) is 6.54 Å². The number of rotatable bonds is 7. The molecule has 0 aliphatic carbocycles. The number of anilines is 2. The standard InChI is InChI=1S/C21H21FN4O2/c1-3-28-19-7-5-4-6-17(19)25-21-24-14(2)12-18(26-21)20(27)23-13-15-8-10-16(22)11-9-15/h4-12H,3,13H2,1-2H3,(H,23,27)(H,24,25,26). The van der Waals surface area contributed by atoms with Crippen LogP contribution in [0.2, 0.25) is 0 Å². The molecule has 2 N–H and O–H groups in total. The lowest BCUT2D eigenvalue weighted by Gasteiger charge is -2.12. The maximum Gasteiger partial charge on any atom is 0.270 e. The lowest BCUT2D eigenvalue weighted by atomic mass is 10.2. The molecule has 3 aromatic rings. The molecule has 0 unspecified atom stereocenters. The summed E-state index contributed by atoms with van der Waals surface area (Å²) in [4.78, 5) is 21.1. The molecule has 0 bridgehead atoms. The third kappa shape index (κ3) is 5.03. The van der Waals surface area contributed by atoms with E-state index < -0.39 is 0 Å². The van der Waals surface area contributed by atoms with Crippen molar-refractivity contribution in [1.82, 2.24) is 15.3 Å². The quantitative estimate of drug-likeness (QED) is 0.648. The number of ether oxygens (including phenoxy) is 1. The zero-order chi connectivity index (χ0) is 19.9. The minimum atomic E-state index is -0.337. The van der Waals surface area contributed by atoms with E-state index in [-0.39, 0.29) is 24.0 Å². The van der Waals surface area contributed by atoms with Gasteiger partial charge in [0.2, 0.25) is 5.95 Å². The van der Waals surface area contributed by atoms with Crippen molar-refractivity contribution in [2.45, 2.75) is 20.4 Å². The van der Waals surface area contributed by atoms with E-state index in [1.54, 1.807) is 25.1 Å². The fourth-order valence-corrected chi connectivity index (χ4v) is 2.59. The van der Waals surface area contributed by atoms with Gasteiger partial charge >= 0.3 is 0 Å². The highest BCUT2D eigenvalue weighted by atomic mass is 19.1. The number of aryl methyl sites for hydroxylation is 1. The summed E-state index contributed by atoms with van der Waals surface area (Å²) in [5, 5.41) is 5.89. The number of aromatic nitrogens is 2. The zero-order valence-electron chi connectivity index (χ0n) is 15.7. The maximum absolute atomic E-state index is 13.0. The van der Waals surface area contributed by atoms with Crippen LogP contribution in [0.15, 0.2) is 54.6 Å². The van der Waals surface area contributed by atoms with Crippen LogP contribution in [0.3, 0.4) is 0 Å². The van der Waals surface area contributed by atoms with Crippen LogP contribution in [0.1, 0.15) is 28.7 Å². The average molecular weight is 380 g/mol. The predicted octanol–water partition coefficient (Wildman–Crippen LogP) is 4.00. The topological polar surface area (TPSA) is 76.1 Å². The van der Waals surface area contributed by atoms with E-state index in [0.29, 0.717) is 29.7 Å². The Morgan fingerprint density at radius 2 is 1.86 bits per heavy atom. The van der Waals surface area contributed by atoms with E-state index in [0.717, 1.165) is 5.56 Å². The summed E-state index contributed by atoms with van der Waals surface area (Å²) in [5.74, 6) is 0.331. The Kier molecular flexibility index (Phi) is 6.16. The Morgan fingerprint density at radius 1 is 1.11 bits per heavy atom. The summed E-state index contributed by atoms with van der Waals surface area (Å²) in [6, 6.07) is 15.0. The van der Waals surface area contributed by atoms with E-state index in [1.165, 1.54) is 12.1 Å². The van der Waals surface area contributed by atoms with E-state index in [9.17, 15) is 9.18 Å². The number of halogens is 1. The maximum atomic E-state index is 13.0. The molecule has 3 rings (SSSR count). The van der Waals surface area contributed by atoms with Crippen LogP contribution in [0, 0.1) is 12.7 Å². The fourth-order valence-electron chi connectivity index (χ4n) is 2.59. The van der Waals surface area contributed by atoms with Gasteiger partial charge in [-0.05, 0) is 49.7 Å². The number of hydrogen-bond donors (Lipinski definition) is 2. The molecule has 0 atom stereocenters. The van der Waals surface area contributed by atoms with Gasteiger partial charge in [-0.1, -0.05) is 24.3 Å². The predicted molar refractivity (Wildman–Crippen MR) is 105 cm³/mol. The fraction of sp³-hybridized carbons (Fsp3) is 0.190. The van der Waals surface area contributed by atoms with Gasteiger partial charge in [0.1, 0.15) is 17.3 Å². The van der Waals surface area contributed by atoms with E-state index in [2.05, 4.69) is 20.6 Å². The SMILES string of the molecule is CCOc1ccccc1Nc1nc(C)cc(C(=O)NCc2ccc(F)cc2)n1. The lowest BCUT2D eigenvalue weighted by Crippen LogP contribution is -2.24. The highest BCUT2D eigenvalue weighted by Crippen LogP contribution is 2.26.